The molecule has 1 amide bonds. The second-order valence-electron chi connectivity index (χ2n) is 3.56. The minimum absolute atomic E-state index is 0.0980. The molecule has 0 aliphatic rings. The van der Waals surface area contributed by atoms with E-state index in [1.807, 2.05) is 0 Å². The number of rotatable bonds is 8. The minimum Gasteiger partial charge on any atom is -0.481 e. The summed E-state index contributed by atoms with van der Waals surface area (Å²) in [5.41, 5.74) is 5.13. The summed E-state index contributed by atoms with van der Waals surface area (Å²) in [6.45, 7) is 0.614. The number of pyridine rings is 1. The van der Waals surface area contributed by atoms with Gasteiger partial charge in [-0.15, -0.1) is 0 Å². The van der Waals surface area contributed by atoms with E-state index < -0.39 is 5.97 Å². The van der Waals surface area contributed by atoms with Crippen molar-refractivity contribution in [1.29, 1.82) is 0 Å². The maximum Gasteiger partial charge on any atom is 0.303 e. The molecule has 7 nitrogen and oxygen atoms in total. The van der Waals surface area contributed by atoms with Crippen LogP contribution in [0.4, 0.5) is 5.82 Å². The average molecular weight is 252 g/mol. The second kappa shape index (κ2) is 8.02. The van der Waals surface area contributed by atoms with Crippen molar-refractivity contribution in [3.63, 3.8) is 0 Å². The summed E-state index contributed by atoms with van der Waals surface area (Å²) in [7, 11) is 0. The third kappa shape index (κ3) is 6.44. The van der Waals surface area contributed by atoms with Crippen LogP contribution in [0.15, 0.2) is 24.4 Å². The zero-order valence-corrected chi connectivity index (χ0v) is 9.85. The summed E-state index contributed by atoms with van der Waals surface area (Å²) in [5, 5.41) is 11.2. The van der Waals surface area contributed by atoms with E-state index in [0.717, 1.165) is 0 Å². The van der Waals surface area contributed by atoms with Crippen molar-refractivity contribution in [3.8, 4) is 0 Å². The van der Waals surface area contributed by atoms with Gasteiger partial charge in [-0.2, -0.15) is 0 Å². The molecule has 0 atom stereocenters. The number of hydrazine groups is 1. The Labute approximate surface area is 105 Å². The number of aromatic nitrogens is 1. The first kappa shape index (κ1) is 13.9. The summed E-state index contributed by atoms with van der Waals surface area (Å²) >= 11 is 0. The Balaban J connectivity index is 2.06. The molecule has 98 valence electrons. The third-order valence-corrected chi connectivity index (χ3v) is 2.02. The molecule has 0 unspecified atom stereocenters. The van der Waals surface area contributed by atoms with Crippen LogP contribution in [0.5, 0.6) is 0 Å². The number of aliphatic carboxylic acids is 1. The molecule has 0 bridgehead atoms. The van der Waals surface area contributed by atoms with Gasteiger partial charge in [0, 0.05) is 12.6 Å². The smallest absolute Gasteiger partial charge is 0.303 e. The molecule has 1 heterocycles. The van der Waals surface area contributed by atoms with Gasteiger partial charge in [0.2, 0.25) is 0 Å². The van der Waals surface area contributed by atoms with Gasteiger partial charge in [-0.3, -0.25) is 20.4 Å². The first-order chi connectivity index (χ1) is 8.68. The fourth-order valence-electron chi connectivity index (χ4n) is 1.18. The quantitative estimate of drug-likeness (QED) is 0.383. The van der Waals surface area contributed by atoms with E-state index in [1.165, 1.54) is 0 Å². The van der Waals surface area contributed by atoms with Gasteiger partial charge in [-0.1, -0.05) is 6.07 Å². The monoisotopic (exact) mass is 252 g/mol. The van der Waals surface area contributed by atoms with Gasteiger partial charge in [0.15, 0.2) is 0 Å². The van der Waals surface area contributed by atoms with Crippen molar-refractivity contribution in [1.82, 2.24) is 15.7 Å². The van der Waals surface area contributed by atoms with E-state index in [4.69, 9.17) is 5.11 Å². The lowest BCUT2D eigenvalue weighted by atomic mass is 10.3. The molecule has 18 heavy (non-hydrogen) atoms. The molecule has 1 rings (SSSR count). The average Bonchev–Trinajstić information content (AvgIpc) is 2.37. The number of nitrogens with one attached hydrogen (secondary N) is 3. The van der Waals surface area contributed by atoms with E-state index in [2.05, 4.69) is 21.2 Å². The van der Waals surface area contributed by atoms with Gasteiger partial charge in [-0.25, -0.2) is 4.98 Å². The number of carbonyl (C=O) groups excluding carboxylic acids is 1. The summed E-state index contributed by atoms with van der Waals surface area (Å²) in [5.74, 6) is -0.522. The number of carboxylic acids is 1. The highest BCUT2D eigenvalue weighted by atomic mass is 16.4. The fraction of sp³-hybridized carbons (Fsp3) is 0.364. The Bertz CT molecular complexity index is 383. The Morgan fingerprint density at radius 3 is 2.83 bits per heavy atom. The zero-order valence-electron chi connectivity index (χ0n) is 9.85. The lowest BCUT2D eigenvalue weighted by molar-refractivity contribution is -0.137. The molecule has 0 spiro atoms. The molecular formula is C11H16N4O3. The number of amides is 1. The molecule has 0 radical (unpaired) electrons. The Morgan fingerprint density at radius 1 is 1.33 bits per heavy atom. The number of nitrogens with zero attached hydrogens (tertiary/aromatic N) is 1. The SMILES string of the molecule is O=C(O)CCCNCC(=O)NNc1ccccn1. The molecule has 4 N–H and O–H groups in total. The van der Waals surface area contributed by atoms with Crippen molar-refractivity contribution >= 4 is 17.7 Å². The first-order valence-electron chi connectivity index (χ1n) is 5.57. The van der Waals surface area contributed by atoms with Crippen LogP contribution in [0, 0.1) is 0 Å². The van der Waals surface area contributed by atoms with Crippen LogP contribution in [0.25, 0.3) is 0 Å². The maximum absolute atomic E-state index is 11.3. The van der Waals surface area contributed by atoms with Gasteiger partial charge >= 0.3 is 5.97 Å². The van der Waals surface area contributed by atoms with Crippen molar-refractivity contribution in [2.45, 2.75) is 12.8 Å². The van der Waals surface area contributed by atoms with Crippen LogP contribution in [0.3, 0.4) is 0 Å². The van der Waals surface area contributed by atoms with Gasteiger partial charge in [0.05, 0.1) is 6.54 Å². The topological polar surface area (TPSA) is 103 Å². The number of hydrogen-bond acceptors (Lipinski definition) is 5. The third-order valence-electron chi connectivity index (χ3n) is 2.02. The normalized spacial score (nSPS) is 9.78. The van der Waals surface area contributed by atoms with Crippen LogP contribution in [-0.4, -0.2) is 35.1 Å². The van der Waals surface area contributed by atoms with Crippen molar-refractivity contribution in [3.05, 3.63) is 24.4 Å². The van der Waals surface area contributed by atoms with Gasteiger partial charge in [0.1, 0.15) is 5.82 Å². The molecular weight excluding hydrogens is 236 g/mol. The lowest BCUT2D eigenvalue weighted by Crippen LogP contribution is -2.37. The Hall–Kier alpha value is -2.15. The molecule has 0 saturated carbocycles. The second-order valence-corrected chi connectivity index (χ2v) is 3.56. The van der Waals surface area contributed by atoms with Crippen LogP contribution < -0.4 is 16.2 Å². The van der Waals surface area contributed by atoms with Crippen molar-refractivity contribution < 1.29 is 14.7 Å². The predicted molar refractivity (Wildman–Crippen MR) is 65.7 cm³/mol. The Kier molecular flexibility index (Phi) is 6.20. The van der Waals surface area contributed by atoms with Crippen LogP contribution in [-0.2, 0) is 9.59 Å². The van der Waals surface area contributed by atoms with E-state index >= 15 is 0 Å². The Morgan fingerprint density at radius 2 is 2.17 bits per heavy atom. The van der Waals surface area contributed by atoms with Crippen LogP contribution >= 0.6 is 0 Å². The molecule has 1 aromatic heterocycles. The predicted octanol–water partition coefficient (Wildman–Crippen LogP) is -0.0209. The summed E-state index contributed by atoms with van der Waals surface area (Å²) in [6, 6.07) is 5.29. The van der Waals surface area contributed by atoms with Crippen molar-refractivity contribution in [2.75, 3.05) is 18.5 Å². The lowest BCUT2D eigenvalue weighted by Gasteiger charge is -2.07. The van der Waals surface area contributed by atoms with Gasteiger partial charge in [-0.05, 0) is 25.1 Å². The minimum atomic E-state index is -0.835. The number of anilines is 1. The summed E-state index contributed by atoms with van der Waals surface area (Å²) < 4.78 is 0. The molecule has 0 aromatic carbocycles. The highest BCUT2D eigenvalue weighted by Gasteiger charge is 2.01. The van der Waals surface area contributed by atoms with Crippen LogP contribution in [0.2, 0.25) is 0 Å². The van der Waals surface area contributed by atoms with E-state index in [-0.39, 0.29) is 18.9 Å². The maximum atomic E-state index is 11.3. The number of carboxylic acid groups (broad SMARTS) is 1. The number of carbonyl (C=O) groups is 2. The zero-order chi connectivity index (χ0) is 13.2. The van der Waals surface area contributed by atoms with Crippen molar-refractivity contribution in [2.24, 2.45) is 0 Å². The van der Waals surface area contributed by atoms with Gasteiger partial charge in [0.25, 0.3) is 5.91 Å². The molecule has 0 aliphatic carbocycles. The van der Waals surface area contributed by atoms with E-state index in [0.29, 0.717) is 18.8 Å². The summed E-state index contributed by atoms with van der Waals surface area (Å²) in [6.07, 6.45) is 2.20. The van der Waals surface area contributed by atoms with Gasteiger partial charge < -0.3 is 10.4 Å². The molecule has 0 fully saturated rings. The van der Waals surface area contributed by atoms with E-state index in [9.17, 15) is 9.59 Å². The standard InChI is InChI=1S/C11H16N4O3/c16-10(8-12-6-3-5-11(17)18)15-14-9-4-1-2-7-13-9/h1-2,4,7,12H,3,5-6,8H2,(H,13,14)(H,15,16)(H,17,18). The molecule has 1 aromatic rings. The molecule has 7 heteroatoms. The number of hydrogen-bond donors (Lipinski definition) is 4. The van der Waals surface area contributed by atoms with E-state index in [1.54, 1.807) is 24.4 Å². The highest BCUT2D eigenvalue weighted by Crippen LogP contribution is 1.96. The molecule has 0 aliphatic heterocycles. The summed E-state index contributed by atoms with van der Waals surface area (Å²) in [4.78, 5) is 25.5. The fourth-order valence-corrected chi connectivity index (χ4v) is 1.18. The molecule has 0 saturated heterocycles. The first-order valence-corrected chi connectivity index (χ1v) is 5.57. The largest absolute Gasteiger partial charge is 0.481 e. The highest BCUT2D eigenvalue weighted by molar-refractivity contribution is 5.79. The van der Waals surface area contributed by atoms with Crippen LogP contribution in [0.1, 0.15) is 12.8 Å².